The Kier molecular flexibility index (Phi) is 6.75. The first-order valence-corrected chi connectivity index (χ1v) is 10.1. The molecule has 1 amide bonds. The van der Waals surface area contributed by atoms with E-state index in [0.717, 1.165) is 31.6 Å². The molecule has 1 atom stereocenters. The van der Waals surface area contributed by atoms with E-state index >= 15 is 0 Å². The average molecular weight is 379 g/mol. The van der Waals surface area contributed by atoms with Gasteiger partial charge in [-0.2, -0.15) is 0 Å². The molecule has 3 aromatic rings. The topological polar surface area (TPSA) is 43.3 Å². The van der Waals surface area contributed by atoms with Gasteiger partial charge in [0, 0.05) is 36.1 Å². The van der Waals surface area contributed by atoms with Crippen LogP contribution in [-0.4, -0.2) is 23.6 Å². The predicted molar refractivity (Wildman–Crippen MR) is 115 cm³/mol. The summed E-state index contributed by atoms with van der Waals surface area (Å²) in [6, 6.07) is 16.9. The molecule has 28 heavy (non-hydrogen) atoms. The van der Waals surface area contributed by atoms with Crippen molar-refractivity contribution in [1.82, 2.24) is 9.88 Å². The van der Waals surface area contributed by atoms with Gasteiger partial charge in [-0.05, 0) is 55.5 Å². The molecule has 1 aromatic heterocycles. The second-order valence-electron chi connectivity index (χ2n) is 7.39. The molecule has 1 N–H and O–H groups in total. The van der Waals surface area contributed by atoms with E-state index in [1.165, 1.54) is 22.0 Å². The van der Waals surface area contributed by atoms with Crippen LogP contribution in [0.4, 0.5) is 0 Å². The molecule has 2 aromatic carbocycles. The maximum atomic E-state index is 11.9. The Morgan fingerprint density at radius 1 is 1.18 bits per heavy atom. The fourth-order valence-corrected chi connectivity index (χ4v) is 3.67. The van der Waals surface area contributed by atoms with Gasteiger partial charge < -0.3 is 14.6 Å². The van der Waals surface area contributed by atoms with Crippen molar-refractivity contribution in [2.75, 3.05) is 7.11 Å². The number of ether oxygens (including phenoxy) is 1. The van der Waals surface area contributed by atoms with Gasteiger partial charge >= 0.3 is 0 Å². The molecule has 0 aliphatic heterocycles. The van der Waals surface area contributed by atoms with Crippen molar-refractivity contribution in [3.63, 3.8) is 0 Å². The molecular weight excluding hydrogens is 348 g/mol. The smallest absolute Gasteiger partial charge is 0.220 e. The molecule has 0 saturated carbocycles. The van der Waals surface area contributed by atoms with Crippen LogP contribution in [0, 0.1) is 0 Å². The monoisotopic (exact) mass is 378 g/mol. The first-order chi connectivity index (χ1) is 13.6. The Hall–Kier alpha value is -2.75. The Morgan fingerprint density at radius 3 is 2.68 bits per heavy atom. The number of carbonyl (C=O) groups is 1. The second-order valence-corrected chi connectivity index (χ2v) is 7.39. The quantitative estimate of drug-likeness (QED) is 0.584. The van der Waals surface area contributed by atoms with E-state index in [2.05, 4.69) is 59.4 Å². The molecule has 4 nitrogen and oxygen atoms in total. The maximum absolute atomic E-state index is 11.9. The number of nitrogens with one attached hydrogen (secondary N) is 1. The summed E-state index contributed by atoms with van der Waals surface area (Å²) in [4.78, 5) is 11.9. The number of methoxy groups -OCH3 is 1. The van der Waals surface area contributed by atoms with Gasteiger partial charge in [0.15, 0.2) is 0 Å². The maximum Gasteiger partial charge on any atom is 0.220 e. The summed E-state index contributed by atoms with van der Waals surface area (Å²) in [7, 11) is 1.70. The Balaban J connectivity index is 1.83. The molecule has 4 heteroatoms. The second kappa shape index (κ2) is 9.45. The summed E-state index contributed by atoms with van der Waals surface area (Å²) in [6.07, 6.45) is 5.47. The van der Waals surface area contributed by atoms with Gasteiger partial charge in [0.25, 0.3) is 0 Å². The molecule has 1 heterocycles. The fourth-order valence-electron chi connectivity index (χ4n) is 3.67. The first kappa shape index (κ1) is 20.0. The number of benzene rings is 2. The number of aromatic nitrogens is 1. The third-order valence-electron chi connectivity index (χ3n) is 5.07. The van der Waals surface area contributed by atoms with E-state index < -0.39 is 0 Å². The van der Waals surface area contributed by atoms with Crippen LogP contribution in [0.1, 0.15) is 37.8 Å². The van der Waals surface area contributed by atoms with Crippen LogP contribution >= 0.6 is 0 Å². The minimum Gasteiger partial charge on any atom is -0.497 e. The standard InChI is InChI=1S/C24H30N2O2/c1-4-8-24(27)25-18(2)15-20-17-26(14-13-19-9-6-5-7-10-19)23-12-11-21(28-3)16-22(20)23/h5-7,9-12,16-18H,4,8,13-15H2,1-3H3,(H,25,27). The number of amides is 1. The van der Waals surface area contributed by atoms with Gasteiger partial charge in [-0.25, -0.2) is 0 Å². The summed E-state index contributed by atoms with van der Waals surface area (Å²) < 4.78 is 7.76. The molecule has 0 spiro atoms. The van der Waals surface area contributed by atoms with E-state index in [-0.39, 0.29) is 11.9 Å². The largest absolute Gasteiger partial charge is 0.497 e. The Labute approximate surface area is 167 Å². The van der Waals surface area contributed by atoms with Gasteiger partial charge in [0.1, 0.15) is 5.75 Å². The van der Waals surface area contributed by atoms with Gasteiger partial charge in [-0.15, -0.1) is 0 Å². The number of aryl methyl sites for hydroxylation is 2. The minimum atomic E-state index is 0.0958. The van der Waals surface area contributed by atoms with Crippen molar-refractivity contribution in [2.45, 2.75) is 52.1 Å². The van der Waals surface area contributed by atoms with Crippen molar-refractivity contribution in [1.29, 1.82) is 0 Å². The highest BCUT2D eigenvalue weighted by Crippen LogP contribution is 2.27. The fraction of sp³-hybridized carbons (Fsp3) is 0.375. The number of hydrogen-bond acceptors (Lipinski definition) is 2. The van der Waals surface area contributed by atoms with Crippen LogP contribution in [0.3, 0.4) is 0 Å². The minimum absolute atomic E-state index is 0.0958. The van der Waals surface area contributed by atoms with Crippen LogP contribution in [0.2, 0.25) is 0 Å². The highest BCUT2D eigenvalue weighted by molar-refractivity contribution is 5.85. The van der Waals surface area contributed by atoms with Crippen molar-refractivity contribution < 1.29 is 9.53 Å². The summed E-state index contributed by atoms with van der Waals surface area (Å²) in [5.74, 6) is 0.984. The summed E-state index contributed by atoms with van der Waals surface area (Å²) in [5, 5.41) is 4.31. The molecule has 1 unspecified atom stereocenters. The molecule has 0 aliphatic carbocycles. The molecule has 0 bridgehead atoms. The summed E-state index contributed by atoms with van der Waals surface area (Å²) in [5.41, 5.74) is 3.78. The highest BCUT2D eigenvalue weighted by atomic mass is 16.5. The van der Waals surface area contributed by atoms with Gasteiger partial charge in [0.2, 0.25) is 5.91 Å². The van der Waals surface area contributed by atoms with Gasteiger partial charge in [-0.1, -0.05) is 37.3 Å². The normalized spacial score (nSPS) is 12.1. The number of rotatable bonds is 9. The van der Waals surface area contributed by atoms with E-state index in [1.807, 2.05) is 19.1 Å². The number of fused-ring (bicyclic) bond motifs is 1. The third kappa shape index (κ3) is 4.94. The van der Waals surface area contributed by atoms with Crippen molar-refractivity contribution in [3.8, 4) is 5.75 Å². The van der Waals surface area contributed by atoms with Crippen LogP contribution in [-0.2, 0) is 24.2 Å². The molecule has 0 aliphatic rings. The van der Waals surface area contributed by atoms with E-state index in [0.29, 0.717) is 6.42 Å². The zero-order valence-electron chi connectivity index (χ0n) is 17.1. The molecule has 0 saturated heterocycles. The SMILES string of the molecule is CCCC(=O)NC(C)Cc1cn(CCc2ccccc2)c2ccc(OC)cc12. The number of nitrogens with zero attached hydrogens (tertiary/aromatic N) is 1. The van der Waals surface area contributed by atoms with Crippen LogP contribution < -0.4 is 10.1 Å². The van der Waals surface area contributed by atoms with Gasteiger partial charge in [-0.3, -0.25) is 4.79 Å². The molecule has 3 rings (SSSR count). The molecule has 148 valence electrons. The Morgan fingerprint density at radius 2 is 1.96 bits per heavy atom. The zero-order chi connectivity index (χ0) is 19.9. The van der Waals surface area contributed by atoms with Crippen molar-refractivity contribution in [2.24, 2.45) is 0 Å². The van der Waals surface area contributed by atoms with Crippen molar-refractivity contribution >= 4 is 16.8 Å². The van der Waals surface area contributed by atoms with E-state index in [9.17, 15) is 4.79 Å². The first-order valence-electron chi connectivity index (χ1n) is 10.1. The predicted octanol–water partition coefficient (Wildman–Crippen LogP) is 4.74. The van der Waals surface area contributed by atoms with Crippen molar-refractivity contribution in [3.05, 3.63) is 65.9 Å². The number of carbonyl (C=O) groups excluding carboxylic acids is 1. The lowest BCUT2D eigenvalue weighted by molar-refractivity contribution is -0.121. The average Bonchev–Trinajstić information content (AvgIpc) is 3.03. The van der Waals surface area contributed by atoms with Gasteiger partial charge in [0.05, 0.1) is 7.11 Å². The van der Waals surface area contributed by atoms with E-state index in [4.69, 9.17) is 4.74 Å². The van der Waals surface area contributed by atoms with Crippen LogP contribution in [0.5, 0.6) is 5.75 Å². The highest BCUT2D eigenvalue weighted by Gasteiger charge is 2.14. The third-order valence-corrected chi connectivity index (χ3v) is 5.07. The lowest BCUT2D eigenvalue weighted by atomic mass is 10.1. The Bertz CT molecular complexity index is 915. The van der Waals surface area contributed by atoms with Crippen LogP contribution in [0.25, 0.3) is 10.9 Å². The number of hydrogen-bond donors (Lipinski definition) is 1. The van der Waals surface area contributed by atoms with E-state index in [1.54, 1.807) is 7.11 Å². The zero-order valence-corrected chi connectivity index (χ0v) is 17.1. The summed E-state index contributed by atoms with van der Waals surface area (Å²) >= 11 is 0. The molecule has 0 radical (unpaired) electrons. The summed E-state index contributed by atoms with van der Waals surface area (Å²) in [6.45, 7) is 5.02. The lowest BCUT2D eigenvalue weighted by Gasteiger charge is -2.13. The lowest BCUT2D eigenvalue weighted by Crippen LogP contribution is -2.33. The molecular formula is C24H30N2O2. The molecule has 0 fully saturated rings. The van der Waals surface area contributed by atoms with Crippen LogP contribution in [0.15, 0.2) is 54.7 Å².